The molecule has 0 aromatic heterocycles. The Bertz CT molecular complexity index is 612. The van der Waals surface area contributed by atoms with Gasteiger partial charge in [0.1, 0.15) is 11.5 Å². The van der Waals surface area contributed by atoms with Crippen LogP contribution in [0.25, 0.3) is 0 Å². The Kier molecular flexibility index (Phi) is 4.61. The van der Waals surface area contributed by atoms with Gasteiger partial charge in [0.2, 0.25) is 5.91 Å². The molecule has 0 aliphatic carbocycles. The topological polar surface area (TPSA) is 64.3 Å². The number of benzene rings is 2. The van der Waals surface area contributed by atoms with E-state index < -0.39 is 5.91 Å². The van der Waals surface area contributed by atoms with Crippen LogP contribution in [0.5, 0.6) is 11.5 Å². The number of amides is 1. The second-order valence-corrected chi connectivity index (χ2v) is 4.64. The molecule has 0 spiro atoms. The van der Waals surface area contributed by atoms with Crippen LogP contribution in [-0.2, 0) is 6.54 Å². The van der Waals surface area contributed by atoms with Crippen molar-refractivity contribution >= 4 is 17.5 Å². The Morgan fingerprint density at radius 2 is 1.95 bits per heavy atom. The number of hydrogen-bond acceptors (Lipinski definition) is 3. The summed E-state index contributed by atoms with van der Waals surface area (Å²) in [4.78, 5) is 11.0. The molecule has 2 rings (SSSR count). The van der Waals surface area contributed by atoms with Crippen LogP contribution in [0.3, 0.4) is 0 Å². The highest BCUT2D eigenvalue weighted by molar-refractivity contribution is 6.31. The monoisotopic (exact) mass is 290 g/mol. The zero-order chi connectivity index (χ0) is 14.5. The van der Waals surface area contributed by atoms with Crippen LogP contribution < -0.4 is 15.8 Å². The van der Waals surface area contributed by atoms with Crippen LogP contribution >= 0.6 is 11.6 Å². The van der Waals surface area contributed by atoms with E-state index in [4.69, 9.17) is 22.1 Å². The summed E-state index contributed by atoms with van der Waals surface area (Å²) >= 11 is 6.16. The quantitative estimate of drug-likeness (QED) is 0.890. The smallest absolute Gasteiger partial charge is 0.248 e. The van der Waals surface area contributed by atoms with E-state index in [1.807, 2.05) is 25.2 Å². The molecule has 104 valence electrons. The summed E-state index contributed by atoms with van der Waals surface area (Å²) in [6.07, 6.45) is 0. The van der Waals surface area contributed by atoms with Crippen molar-refractivity contribution in [3.05, 3.63) is 58.6 Å². The number of primary amides is 1. The summed E-state index contributed by atoms with van der Waals surface area (Å²) in [5, 5.41) is 3.69. The average Bonchev–Trinajstić information content (AvgIpc) is 2.43. The third kappa shape index (κ3) is 3.29. The maximum Gasteiger partial charge on any atom is 0.248 e. The van der Waals surface area contributed by atoms with Crippen LogP contribution in [0, 0.1) is 0 Å². The van der Waals surface area contributed by atoms with Crippen LogP contribution in [-0.4, -0.2) is 13.0 Å². The first kappa shape index (κ1) is 14.4. The molecular weight excluding hydrogens is 276 g/mol. The molecular formula is C15H15ClN2O2. The van der Waals surface area contributed by atoms with E-state index >= 15 is 0 Å². The normalized spacial score (nSPS) is 10.3. The standard InChI is InChI=1S/C15H15ClN2O2/c1-18-9-12-13(16)3-2-4-14(12)20-11-7-5-10(6-8-11)15(17)19/h2-8,18H,9H2,1H3,(H2,17,19). The molecule has 2 aromatic carbocycles. The fraction of sp³-hybridized carbons (Fsp3) is 0.133. The summed E-state index contributed by atoms with van der Waals surface area (Å²) in [7, 11) is 1.84. The fourth-order valence-corrected chi connectivity index (χ4v) is 2.03. The van der Waals surface area contributed by atoms with Crippen LogP contribution in [0.1, 0.15) is 15.9 Å². The lowest BCUT2D eigenvalue weighted by molar-refractivity contribution is 0.100. The SMILES string of the molecule is CNCc1c(Cl)cccc1Oc1ccc(C(N)=O)cc1. The third-order valence-electron chi connectivity index (χ3n) is 2.80. The number of hydrogen-bond donors (Lipinski definition) is 2. The molecule has 0 aliphatic heterocycles. The molecule has 1 amide bonds. The van der Waals surface area contributed by atoms with Crippen molar-refractivity contribution in [1.29, 1.82) is 0 Å². The first-order valence-electron chi connectivity index (χ1n) is 6.11. The molecule has 3 N–H and O–H groups in total. The van der Waals surface area contributed by atoms with Gasteiger partial charge in [-0.05, 0) is 43.4 Å². The van der Waals surface area contributed by atoms with Crippen LogP contribution in [0.15, 0.2) is 42.5 Å². The van der Waals surface area contributed by atoms with Crippen molar-refractivity contribution in [1.82, 2.24) is 5.32 Å². The van der Waals surface area contributed by atoms with Crippen molar-refractivity contribution in [3.63, 3.8) is 0 Å². The molecule has 4 nitrogen and oxygen atoms in total. The van der Waals surface area contributed by atoms with Gasteiger partial charge in [0.25, 0.3) is 0 Å². The van der Waals surface area contributed by atoms with Gasteiger partial charge in [0.05, 0.1) is 0 Å². The lowest BCUT2D eigenvalue weighted by atomic mass is 10.2. The number of carbonyl (C=O) groups excluding carboxylic acids is 1. The maximum atomic E-state index is 11.0. The fourth-order valence-electron chi connectivity index (χ4n) is 1.80. The van der Waals surface area contributed by atoms with Gasteiger partial charge in [0, 0.05) is 22.7 Å². The summed E-state index contributed by atoms with van der Waals surface area (Å²) < 4.78 is 5.80. The molecule has 0 saturated carbocycles. The average molecular weight is 291 g/mol. The van der Waals surface area contributed by atoms with Crippen LogP contribution in [0.4, 0.5) is 0 Å². The van der Waals surface area contributed by atoms with Gasteiger partial charge in [-0.25, -0.2) is 0 Å². The lowest BCUT2D eigenvalue weighted by Gasteiger charge is -2.12. The first-order chi connectivity index (χ1) is 9.61. The highest BCUT2D eigenvalue weighted by Crippen LogP contribution is 2.30. The Balaban J connectivity index is 2.25. The molecule has 0 fully saturated rings. The molecule has 20 heavy (non-hydrogen) atoms. The summed E-state index contributed by atoms with van der Waals surface area (Å²) in [5.41, 5.74) is 6.52. The number of rotatable bonds is 5. The number of nitrogens with one attached hydrogen (secondary N) is 1. The van der Waals surface area contributed by atoms with E-state index in [1.165, 1.54) is 0 Å². The predicted octanol–water partition coefficient (Wildman–Crippen LogP) is 2.95. The number of nitrogens with two attached hydrogens (primary N) is 1. The molecule has 0 heterocycles. The maximum absolute atomic E-state index is 11.0. The summed E-state index contributed by atoms with van der Waals surface area (Å²) in [6.45, 7) is 0.606. The summed E-state index contributed by atoms with van der Waals surface area (Å²) in [6, 6.07) is 12.1. The van der Waals surface area contributed by atoms with Crippen molar-refractivity contribution in [2.45, 2.75) is 6.54 Å². The largest absolute Gasteiger partial charge is 0.457 e. The van der Waals surface area contributed by atoms with Crippen molar-refractivity contribution < 1.29 is 9.53 Å². The molecule has 2 aromatic rings. The first-order valence-corrected chi connectivity index (χ1v) is 6.49. The van der Waals surface area contributed by atoms with E-state index in [9.17, 15) is 4.79 Å². The van der Waals surface area contributed by atoms with Gasteiger partial charge >= 0.3 is 0 Å². The van der Waals surface area contributed by atoms with E-state index in [2.05, 4.69) is 5.32 Å². The van der Waals surface area contributed by atoms with Crippen molar-refractivity contribution in [2.75, 3.05) is 7.05 Å². The van der Waals surface area contributed by atoms with E-state index in [0.717, 1.165) is 5.56 Å². The van der Waals surface area contributed by atoms with Gasteiger partial charge in [0.15, 0.2) is 0 Å². The Labute approximate surface area is 122 Å². The van der Waals surface area contributed by atoms with Gasteiger partial charge in [-0.1, -0.05) is 17.7 Å². The minimum atomic E-state index is -0.463. The van der Waals surface area contributed by atoms with Gasteiger partial charge in [-0.2, -0.15) is 0 Å². The van der Waals surface area contributed by atoms with Gasteiger partial charge < -0.3 is 15.8 Å². The zero-order valence-electron chi connectivity index (χ0n) is 11.0. The second-order valence-electron chi connectivity index (χ2n) is 4.24. The van der Waals surface area contributed by atoms with Crippen LogP contribution in [0.2, 0.25) is 5.02 Å². The van der Waals surface area contributed by atoms with Gasteiger partial charge in [-0.3, -0.25) is 4.79 Å². The molecule has 0 radical (unpaired) electrons. The zero-order valence-corrected chi connectivity index (χ0v) is 11.8. The van der Waals surface area contributed by atoms with E-state index in [-0.39, 0.29) is 0 Å². The molecule has 0 saturated heterocycles. The molecule has 0 aliphatic rings. The molecule has 0 unspecified atom stereocenters. The van der Waals surface area contributed by atoms with Gasteiger partial charge in [-0.15, -0.1) is 0 Å². The Hall–Kier alpha value is -2.04. The third-order valence-corrected chi connectivity index (χ3v) is 3.15. The van der Waals surface area contributed by atoms with Crippen molar-refractivity contribution in [2.24, 2.45) is 5.73 Å². The van der Waals surface area contributed by atoms with E-state index in [1.54, 1.807) is 24.3 Å². The van der Waals surface area contributed by atoms with Crippen molar-refractivity contribution in [3.8, 4) is 11.5 Å². The predicted molar refractivity (Wildman–Crippen MR) is 79.2 cm³/mol. The minimum absolute atomic E-state index is 0.443. The Morgan fingerprint density at radius 1 is 1.25 bits per heavy atom. The second kappa shape index (κ2) is 6.41. The minimum Gasteiger partial charge on any atom is -0.457 e. The lowest BCUT2D eigenvalue weighted by Crippen LogP contribution is -2.10. The molecule has 5 heteroatoms. The van der Waals surface area contributed by atoms with E-state index in [0.29, 0.717) is 28.6 Å². The number of carbonyl (C=O) groups is 1. The highest BCUT2D eigenvalue weighted by Gasteiger charge is 2.09. The number of halogens is 1. The molecule has 0 bridgehead atoms. The number of ether oxygens (including phenoxy) is 1. The molecule has 0 atom stereocenters. The summed E-state index contributed by atoms with van der Waals surface area (Å²) in [5.74, 6) is 0.837. The highest BCUT2D eigenvalue weighted by atomic mass is 35.5. The Morgan fingerprint density at radius 3 is 2.55 bits per heavy atom.